The van der Waals surface area contributed by atoms with Crippen LogP contribution in [0.25, 0.3) is 0 Å². The smallest absolute Gasteiger partial charge is 0.359 e. The molecule has 3 amide bonds. The molecule has 59 heavy (non-hydrogen) atoms. The number of oxime groups is 1. The molecule has 3 heterocycles. The standard InChI is InChI=1S/C39H37N5O12S3/c1-23-15-17-26(18-16-23)59(51,52)56-28-21-58(50)36-31(42-34(47)30(27-20-57-38(41-27)40-22-45)43-53-19-29(46)55-39(2,3)4)35(48)44(36)32(28)37(49)54-33(24-11-7-5-8-12-24)25-13-9-6-10-14-25/h5-18,20,22,31,33,36H,19,21H2,1-4H3,(H,42,47)(H,40,41,45)/t31?,36-,58?/m0/s1. The Morgan fingerprint density at radius 1 is 1.03 bits per heavy atom. The summed E-state index contributed by atoms with van der Waals surface area (Å²) in [5.74, 6) is -5.31. The van der Waals surface area contributed by atoms with Gasteiger partial charge < -0.3 is 33.7 Å². The Bertz CT molecular complexity index is 2360. The SMILES string of the molecule is Cc1ccc(S(=O)(=O)OC2=C(C(=O)OC(c3ccccc3)c3ccccc3)N3C(=O)C(NC(=O)C(=NOCC(=O)OC(C)(C)C)c4csc(NC=O)n4)[C@@H]3[S+]([O-])C2)cc1. The summed E-state index contributed by atoms with van der Waals surface area (Å²) < 4.78 is 57.7. The number of rotatable bonds is 15. The summed E-state index contributed by atoms with van der Waals surface area (Å²) >= 11 is -1.25. The first-order chi connectivity index (χ1) is 28.1. The number of anilines is 1. The van der Waals surface area contributed by atoms with Gasteiger partial charge in [0.05, 0.1) is 0 Å². The quantitative estimate of drug-likeness (QED) is 0.0332. The lowest BCUT2D eigenvalue weighted by atomic mass is 10.0. The summed E-state index contributed by atoms with van der Waals surface area (Å²) in [4.78, 5) is 75.3. The summed E-state index contributed by atoms with van der Waals surface area (Å²) in [5.41, 5.74) is -0.272. The van der Waals surface area contributed by atoms with Crippen LogP contribution in [0, 0.1) is 6.92 Å². The molecule has 0 radical (unpaired) electrons. The third kappa shape index (κ3) is 9.97. The van der Waals surface area contributed by atoms with E-state index in [1.54, 1.807) is 88.4 Å². The van der Waals surface area contributed by atoms with Crippen molar-refractivity contribution in [3.63, 3.8) is 0 Å². The highest BCUT2D eigenvalue weighted by molar-refractivity contribution is 7.92. The van der Waals surface area contributed by atoms with Crippen molar-refractivity contribution in [2.45, 2.75) is 55.7 Å². The number of β-lactam (4-membered cyclic amide) rings is 1. The van der Waals surface area contributed by atoms with E-state index in [-0.39, 0.29) is 15.7 Å². The van der Waals surface area contributed by atoms with Crippen LogP contribution in [0.1, 0.15) is 49.3 Å². The van der Waals surface area contributed by atoms with Crippen molar-refractivity contribution in [1.29, 1.82) is 0 Å². The van der Waals surface area contributed by atoms with Crippen molar-refractivity contribution >= 4 is 73.6 Å². The van der Waals surface area contributed by atoms with Crippen molar-refractivity contribution in [2.24, 2.45) is 5.16 Å². The molecule has 0 saturated carbocycles. The van der Waals surface area contributed by atoms with Gasteiger partial charge in [0.25, 0.3) is 11.8 Å². The number of amides is 3. The lowest BCUT2D eigenvalue weighted by Gasteiger charge is -2.48. The van der Waals surface area contributed by atoms with Crippen molar-refractivity contribution in [2.75, 3.05) is 17.7 Å². The lowest BCUT2D eigenvalue weighted by Crippen LogP contribution is -2.75. The van der Waals surface area contributed by atoms with E-state index in [2.05, 4.69) is 20.8 Å². The highest BCUT2D eigenvalue weighted by atomic mass is 32.2. The summed E-state index contributed by atoms with van der Waals surface area (Å²) in [5, 5.41) is 8.57. The minimum atomic E-state index is -4.64. The molecule has 0 aliphatic carbocycles. The number of carbonyl (C=O) groups excluding carboxylic acids is 5. The molecule has 0 bridgehead atoms. The number of carbonyl (C=O) groups is 5. The van der Waals surface area contributed by atoms with Gasteiger partial charge in [-0.05, 0) is 62.1 Å². The molecule has 2 unspecified atom stereocenters. The van der Waals surface area contributed by atoms with Crippen molar-refractivity contribution in [3.05, 3.63) is 124 Å². The lowest BCUT2D eigenvalue weighted by molar-refractivity contribution is -0.160. The Kier molecular flexibility index (Phi) is 12.8. The molecule has 17 nitrogen and oxygen atoms in total. The minimum absolute atomic E-state index is 0.0765. The molecule has 2 aliphatic rings. The zero-order valence-electron chi connectivity index (χ0n) is 31.8. The zero-order valence-corrected chi connectivity index (χ0v) is 34.3. The van der Waals surface area contributed by atoms with Gasteiger partial charge in [0.15, 0.2) is 34.4 Å². The predicted molar refractivity (Wildman–Crippen MR) is 213 cm³/mol. The van der Waals surface area contributed by atoms with Crippen LogP contribution >= 0.6 is 11.3 Å². The molecule has 2 aliphatic heterocycles. The van der Waals surface area contributed by atoms with Crippen LogP contribution in [0.3, 0.4) is 0 Å². The predicted octanol–water partition coefficient (Wildman–Crippen LogP) is 3.45. The van der Waals surface area contributed by atoms with Gasteiger partial charge in [-0.15, -0.1) is 11.3 Å². The van der Waals surface area contributed by atoms with Crippen LogP contribution in [0.2, 0.25) is 0 Å². The van der Waals surface area contributed by atoms with Gasteiger partial charge in [-0.25, -0.2) is 14.6 Å². The molecule has 4 aromatic rings. The van der Waals surface area contributed by atoms with E-state index in [0.29, 0.717) is 17.5 Å². The second-order valence-corrected chi connectivity index (χ2v) is 17.8. The summed E-state index contributed by atoms with van der Waals surface area (Å²) in [6, 6.07) is 21.5. The number of benzene rings is 3. The van der Waals surface area contributed by atoms with E-state index < -0.39 is 97.7 Å². The van der Waals surface area contributed by atoms with Gasteiger partial charge >= 0.3 is 22.1 Å². The monoisotopic (exact) mass is 863 g/mol. The summed E-state index contributed by atoms with van der Waals surface area (Å²) in [6.07, 6.45) is -0.679. The third-order valence-electron chi connectivity index (χ3n) is 8.42. The fourth-order valence-corrected chi connectivity index (χ4v) is 9.12. The van der Waals surface area contributed by atoms with E-state index in [0.717, 1.165) is 21.8 Å². The molecule has 1 fully saturated rings. The largest absolute Gasteiger partial charge is 0.614 e. The Morgan fingerprint density at radius 3 is 2.25 bits per heavy atom. The van der Waals surface area contributed by atoms with Gasteiger partial charge in [0.2, 0.25) is 24.2 Å². The van der Waals surface area contributed by atoms with Gasteiger partial charge in [-0.3, -0.25) is 19.3 Å². The molecule has 6 rings (SSSR count). The first-order valence-electron chi connectivity index (χ1n) is 17.7. The number of thiazole rings is 1. The molecule has 20 heteroatoms. The highest BCUT2D eigenvalue weighted by Gasteiger charge is 2.62. The molecule has 3 atom stereocenters. The van der Waals surface area contributed by atoms with Crippen LogP contribution in [0.4, 0.5) is 5.13 Å². The summed E-state index contributed by atoms with van der Waals surface area (Å²) in [6.45, 7) is 5.96. The normalized spacial score (nSPS) is 18.0. The number of esters is 2. The van der Waals surface area contributed by atoms with E-state index in [9.17, 15) is 36.9 Å². The molecule has 1 saturated heterocycles. The number of hydrogen-bond donors (Lipinski definition) is 2. The molecule has 1 aromatic heterocycles. The Balaban J connectivity index is 1.33. The number of aryl methyl sites for hydroxylation is 1. The average molecular weight is 864 g/mol. The van der Waals surface area contributed by atoms with Crippen LogP contribution < -0.4 is 10.6 Å². The fourth-order valence-electron chi connectivity index (χ4n) is 5.86. The van der Waals surface area contributed by atoms with Gasteiger partial charge in [-0.2, -0.15) is 8.42 Å². The fraction of sp³-hybridized carbons (Fsp3) is 0.256. The molecular formula is C39H37N5O12S3. The van der Waals surface area contributed by atoms with E-state index in [1.165, 1.54) is 29.6 Å². The van der Waals surface area contributed by atoms with Crippen molar-refractivity contribution in [1.82, 2.24) is 15.2 Å². The third-order valence-corrected chi connectivity index (χ3v) is 12.0. The maximum absolute atomic E-state index is 14.4. The van der Waals surface area contributed by atoms with Gasteiger partial charge in [-0.1, -0.05) is 83.5 Å². The van der Waals surface area contributed by atoms with Crippen LogP contribution in [-0.2, 0) is 63.8 Å². The second kappa shape index (κ2) is 17.8. The van der Waals surface area contributed by atoms with Crippen molar-refractivity contribution < 1.29 is 55.4 Å². The van der Waals surface area contributed by atoms with E-state index in [1.807, 2.05) is 0 Å². The van der Waals surface area contributed by atoms with Crippen molar-refractivity contribution in [3.8, 4) is 0 Å². The minimum Gasteiger partial charge on any atom is -0.614 e. The van der Waals surface area contributed by atoms with E-state index >= 15 is 0 Å². The summed E-state index contributed by atoms with van der Waals surface area (Å²) in [7, 11) is -4.64. The Labute approximate surface area is 345 Å². The Hall–Kier alpha value is -6.09. The molecule has 308 valence electrons. The topological polar surface area (TPSA) is 232 Å². The Morgan fingerprint density at radius 2 is 1.66 bits per heavy atom. The van der Waals surface area contributed by atoms with Crippen LogP contribution in [0.15, 0.2) is 112 Å². The number of nitrogens with zero attached hydrogens (tertiary/aromatic N) is 3. The first kappa shape index (κ1) is 42.5. The number of ether oxygens (including phenoxy) is 2. The number of aromatic nitrogens is 1. The zero-order chi connectivity index (χ0) is 42.5. The number of hydrogen-bond acceptors (Lipinski definition) is 15. The molecular weight excluding hydrogens is 827 g/mol. The number of nitrogens with one attached hydrogen (secondary N) is 2. The van der Waals surface area contributed by atoms with Gasteiger partial charge in [0.1, 0.15) is 16.2 Å². The average Bonchev–Trinajstić information content (AvgIpc) is 3.65. The van der Waals surface area contributed by atoms with Crippen LogP contribution in [-0.4, -0.2) is 88.1 Å². The molecule has 2 N–H and O–H groups in total. The first-order valence-corrected chi connectivity index (χ1v) is 21.4. The van der Waals surface area contributed by atoms with E-state index in [4.69, 9.17) is 18.5 Å². The maximum atomic E-state index is 14.4. The molecule has 0 spiro atoms. The molecule has 3 aromatic carbocycles. The second-order valence-electron chi connectivity index (χ2n) is 13.9. The maximum Gasteiger partial charge on any atom is 0.359 e. The number of fused-ring (bicyclic) bond motifs is 1. The van der Waals surface area contributed by atoms with Gasteiger partial charge in [0, 0.05) is 5.38 Å². The highest BCUT2D eigenvalue weighted by Crippen LogP contribution is 2.40. The van der Waals surface area contributed by atoms with Crippen LogP contribution in [0.5, 0.6) is 0 Å².